The SMILES string of the molecule is Nc1nc(=O)n([C@H]2CC[C@@H](COP(=O)(O)O)O2)cc1C#CCNC(=O)CCCCCNC(=O)C(CNC(=O)c1ccc(-c2c3ccc(=O)cc-3oc3cc(O)ccc23)c(C(=O)O)c1)S(=O)(=O)O. The maximum absolute atomic E-state index is 13.2. The molecule has 354 valence electrons. The summed E-state index contributed by atoms with van der Waals surface area (Å²) in [6.45, 7) is -1.40. The summed E-state index contributed by atoms with van der Waals surface area (Å²) in [4.78, 5) is 97.1. The molecule has 3 aromatic rings. The Morgan fingerprint density at radius 1 is 0.985 bits per heavy atom. The fourth-order valence-electron chi connectivity index (χ4n) is 7.11. The van der Waals surface area contributed by atoms with Gasteiger partial charge in [-0.1, -0.05) is 24.3 Å². The van der Waals surface area contributed by atoms with Crippen LogP contribution in [0.15, 0.2) is 74.8 Å². The maximum Gasteiger partial charge on any atom is 0.469 e. The minimum atomic E-state index is -5.05. The average Bonchev–Trinajstić information content (AvgIpc) is 3.73. The van der Waals surface area contributed by atoms with Gasteiger partial charge in [0.25, 0.3) is 16.0 Å². The van der Waals surface area contributed by atoms with E-state index in [9.17, 15) is 56.5 Å². The lowest BCUT2D eigenvalue weighted by atomic mass is 9.90. The summed E-state index contributed by atoms with van der Waals surface area (Å²) in [5.41, 5.74) is 5.27. The Labute approximate surface area is 379 Å². The van der Waals surface area contributed by atoms with Gasteiger partial charge in [0.05, 0.1) is 30.4 Å². The molecule has 0 bridgehead atoms. The van der Waals surface area contributed by atoms with Gasteiger partial charge in [0.1, 0.15) is 29.1 Å². The predicted octanol–water partition coefficient (Wildman–Crippen LogP) is 1.73. The second-order valence-corrected chi connectivity index (χ2v) is 17.9. The van der Waals surface area contributed by atoms with Crippen molar-refractivity contribution in [3.05, 3.63) is 98.2 Å². The van der Waals surface area contributed by atoms with E-state index in [-0.39, 0.29) is 82.6 Å². The number of carbonyl (C=O) groups excluding carboxylic acids is 3. The van der Waals surface area contributed by atoms with Crippen molar-refractivity contribution in [2.75, 3.05) is 32.0 Å². The minimum absolute atomic E-state index is 0.0491. The Bertz CT molecular complexity index is 3050. The molecule has 1 aliphatic carbocycles. The van der Waals surface area contributed by atoms with Gasteiger partial charge in [0.15, 0.2) is 10.7 Å². The number of benzene rings is 3. The summed E-state index contributed by atoms with van der Waals surface area (Å²) in [6.07, 6.45) is 1.69. The van der Waals surface area contributed by atoms with E-state index in [0.717, 1.165) is 10.6 Å². The summed E-state index contributed by atoms with van der Waals surface area (Å²) in [5, 5.41) is 25.8. The van der Waals surface area contributed by atoms with Crippen molar-refractivity contribution in [3.8, 4) is 40.0 Å². The number of nitrogen functional groups attached to an aromatic ring is 1. The number of carboxylic acid groups (broad SMARTS) is 1. The lowest BCUT2D eigenvalue weighted by Gasteiger charge is -2.18. The summed E-state index contributed by atoms with van der Waals surface area (Å²) in [5.74, 6) is 1.33. The van der Waals surface area contributed by atoms with Gasteiger partial charge < -0.3 is 50.8 Å². The molecule has 3 amide bonds. The van der Waals surface area contributed by atoms with Gasteiger partial charge in [-0.15, -0.1) is 0 Å². The zero-order valence-electron chi connectivity index (χ0n) is 35.0. The van der Waals surface area contributed by atoms with Crippen LogP contribution in [0.25, 0.3) is 33.4 Å². The fraction of sp³-hybridized carbons (Fsp3) is 0.310. The number of nitrogens with two attached hydrogens (primary N) is 1. The monoisotopic (exact) mass is 966 g/mol. The first-order valence-electron chi connectivity index (χ1n) is 20.3. The maximum atomic E-state index is 13.2. The highest BCUT2D eigenvalue weighted by Gasteiger charge is 2.33. The second-order valence-electron chi connectivity index (χ2n) is 15.1. The molecule has 1 saturated heterocycles. The normalized spacial score (nSPS) is 15.4. The molecule has 1 unspecified atom stereocenters. The van der Waals surface area contributed by atoms with Crippen molar-refractivity contribution in [2.24, 2.45) is 0 Å². The topological polar surface area (TPSA) is 366 Å². The number of carboxylic acids is 1. The molecule has 3 heterocycles. The number of nitrogens with one attached hydrogen (secondary N) is 3. The number of amides is 3. The van der Waals surface area contributed by atoms with Crippen molar-refractivity contribution in [3.63, 3.8) is 0 Å². The molecule has 3 atom stereocenters. The van der Waals surface area contributed by atoms with Crippen LogP contribution in [0, 0.1) is 11.8 Å². The number of anilines is 1. The van der Waals surface area contributed by atoms with Crippen LogP contribution in [0.4, 0.5) is 5.82 Å². The molecule has 3 aliphatic rings. The van der Waals surface area contributed by atoms with Gasteiger partial charge in [0.2, 0.25) is 11.8 Å². The van der Waals surface area contributed by atoms with E-state index in [1.54, 1.807) is 0 Å². The van der Waals surface area contributed by atoms with Crippen molar-refractivity contribution in [1.29, 1.82) is 0 Å². The van der Waals surface area contributed by atoms with Gasteiger partial charge in [-0.2, -0.15) is 13.4 Å². The number of fused-ring (bicyclic) bond motifs is 2. The number of aromatic carboxylic acids is 1. The third-order valence-electron chi connectivity index (χ3n) is 10.3. The van der Waals surface area contributed by atoms with Crippen LogP contribution < -0.4 is 32.8 Å². The molecule has 23 nitrogen and oxygen atoms in total. The van der Waals surface area contributed by atoms with E-state index in [0.29, 0.717) is 48.6 Å². The van der Waals surface area contributed by atoms with Gasteiger partial charge in [-0.25, -0.2) is 14.2 Å². The van der Waals surface area contributed by atoms with Crippen LogP contribution >= 0.6 is 7.82 Å². The number of phenols is 1. The summed E-state index contributed by atoms with van der Waals surface area (Å²) in [7, 11) is -9.75. The Balaban J connectivity index is 0.968. The Morgan fingerprint density at radius 2 is 1.75 bits per heavy atom. The van der Waals surface area contributed by atoms with Crippen LogP contribution in [0.2, 0.25) is 0 Å². The molecule has 6 rings (SSSR count). The van der Waals surface area contributed by atoms with Crippen molar-refractivity contribution in [2.45, 2.75) is 56.1 Å². The Morgan fingerprint density at radius 3 is 2.48 bits per heavy atom. The Kier molecular flexibility index (Phi) is 15.6. The molecule has 0 saturated carbocycles. The number of carbonyl (C=O) groups is 4. The zero-order valence-corrected chi connectivity index (χ0v) is 36.7. The van der Waals surface area contributed by atoms with E-state index in [4.69, 9.17) is 24.7 Å². The minimum Gasteiger partial charge on any atom is -0.508 e. The first kappa shape index (κ1) is 49.5. The quantitative estimate of drug-likeness (QED) is 0.0198. The van der Waals surface area contributed by atoms with Crippen molar-refractivity contribution >= 4 is 58.4 Å². The number of nitrogens with zero attached hydrogens (tertiary/aromatic N) is 2. The first-order chi connectivity index (χ1) is 31.7. The Hall–Kier alpha value is -6.97. The number of hydrogen-bond acceptors (Lipinski definition) is 15. The van der Waals surface area contributed by atoms with Crippen LogP contribution in [0.5, 0.6) is 5.75 Å². The number of phosphoric ester groups is 1. The number of ether oxygens (including phenoxy) is 1. The number of phenolic OH excluding ortho intramolecular Hbond substituents is 1. The van der Waals surface area contributed by atoms with E-state index in [2.05, 4.69) is 37.3 Å². The lowest BCUT2D eigenvalue weighted by Crippen LogP contribution is -2.47. The average molecular weight is 967 g/mol. The van der Waals surface area contributed by atoms with Crippen LogP contribution in [0.3, 0.4) is 0 Å². The van der Waals surface area contributed by atoms with Crippen LogP contribution in [-0.2, 0) is 33.5 Å². The molecule has 1 fully saturated rings. The molecule has 0 radical (unpaired) electrons. The highest BCUT2D eigenvalue weighted by atomic mass is 32.2. The van der Waals surface area contributed by atoms with E-state index < -0.39 is 65.5 Å². The summed E-state index contributed by atoms with van der Waals surface area (Å²) < 4.78 is 62.3. The largest absolute Gasteiger partial charge is 0.508 e. The van der Waals surface area contributed by atoms with E-state index >= 15 is 0 Å². The number of aromatic hydroxyl groups is 1. The van der Waals surface area contributed by atoms with Crippen LogP contribution in [0.1, 0.15) is 71.0 Å². The molecule has 0 spiro atoms. The smallest absolute Gasteiger partial charge is 0.469 e. The second kappa shape index (κ2) is 21.1. The van der Waals surface area contributed by atoms with E-state index in [1.807, 2.05) is 0 Å². The molecule has 2 aliphatic heterocycles. The number of hydrogen-bond donors (Lipinski definition) is 9. The fourth-order valence-corrected chi connectivity index (χ4v) is 8.12. The lowest BCUT2D eigenvalue weighted by molar-refractivity contribution is -0.121. The third-order valence-corrected chi connectivity index (χ3v) is 11.9. The van der Waals surface area contributed by atoms with Gasteiger partial charge in [-0.05, 0) is 67.6 Å². The molecule has 2 aromatic carbocycles. The summed E-state index contributed by atoms with van der Waals surface area (Å²) >= 11 is 0. The van der Waals surface area contributed by atoms with Crippen LogP contribution in [-0.4, -0.2) is 104 Å². The van der Waals surface area contributed by atoms with Gasteiger partial charge in [0, 0.05) is 59.9 Å². The number of phosphoric acid groups is 1. The van der Waals surface area contributed by atoms with Crippen molar-refractivity contribution in [1.82, 2.24) is 25.5 Å². The third kappa shape index (κ3) is 12.9. The van der Waals surface area contributed by atoms with Crippen molar-refractivity contribution < 1.29 is 70.4 Å². The molecule has 67 heavy (non-hydrogen) atoms. The molecule has 1 aromatic heterocycles. The number of aromatic nitrogens is 2. The number of rotatable bonds is 18. The number of unbranched alkanes of at least 4 members (excludes halogenated alkanes) is 2. The molecule has 25 heteroatoms. The molecule has 10 N–H and O–H groups in total. The summed E-state index contributed by atoms with van der Waals surface area (Å²) in [6, 6.07) is 11.7. The van der Waals surface area contributed by atoms with E-state index in [1.165, 1.54) is 54.7 Å². The molecular weight excluding hydrogens is 924 g/mol. The standard InChI is InChI=1S/C42H43N6O17PS/c43-38-24(21-48(42(56)47-38)36-14-10-27(64-36)22-63-66(57,58)59)5-4-16-44-35(51)6-2-1-3-15-45-40(53)34(67(60,61)62)20-46-39(52)23-7-11-28(31(17-23)41(54)55)37-29-12-8-25(49)18-32(29)65-33-19-26(50)9-13-30(33)37/h7-9,11-13,17-19,21,27,34,36,49H,1-3,6,10,14-16,20,22H2,(H,44,51)(H,45,53)(H,46,52)(H,54,55)(H2,43,47,56)(H2,57,58,59)(H,60,61,62)/t27-,34?,36+/m0/s1. The highest BCUT2D eigenvalue weighted by Crippen LogP contribution is 2.42. The van der Waals surface area contributed by atoms with Gasteiger partial charge >= 0.3 is 19.5 Å². The zero-order chi connectivity index (χ0) is 48.6. The highest BCUT2D eigenvalue weighted by molar-refractivity contribution is 7.87. The predicted molar refractivity (Wildman–Crippen MR) is 236 cm³/mol. The van der Waals surface area contributed by atoms with Gasteiger partial charge in [-0.3, -0.25) is 32.8 Å². The molecular formula is C42H43N6O17PS. The first-order valence-corrected chi connectivity index (χ1v) is 23.3.